The van der Waals surface area contributed by atoms with E-state index in [1.54, 1.807) is 18.2 Å². The Bertz CT molecular complexity index is 659. The molecule has 23 heavy (non-hydrogen) atoms. The average Bonchev–Trinajstić information content (AvgIpc) is 2.84. The van der Waals surface area contributed by atoms with Crippen LogP contribution in [0.5, 0.6) is 5.75 Å². The second kappa shape index (κ2) is 7.71. The Labute approximate surface area is 146 Å². The van der Waals surface area contributed by atoms with Gasteiger partial charge in [0, 0.05) is 31.6 Å². The van der Waals surface area contributed by atoms with Crippen LogP contribution in [0.25, 0.3) is 10.9 Å². The van der Waals surface area contributed by atoms with Gasteiger partial charge in [-0.3, -0.25) is 9.58 Å². The van der Waals surface area contributed by atoms with Gasteiger partial charge < -0.3 is 9.47 Å². The molecule has 0 aliphatic carbocycles. The molecule has 1 saturated heterocycles. The van der Waals surface area contributed by atoms with Crippen LogP contribution in [-0.4, -0.2) is 54.1 Å². The number of alkyl halides is 2. The summed E-state index contributed by atoms with van der Waals surface area (Å²) in [6, 6.07) is 4.97. The number of nitrogens with zero attached hydrogens (tertiary/aromatic N) is 3. The zero-order valence-corrected chi connectivity index (χ0v) is 14.7. The highest BCUT2D eigenvalue weighted by Gasteiger charge is 2.13. The normalized spacial score (nSPS) is 16.3. The van der Waals surface area contributed by atoms with Gasteiger partial charge in [0.2, 0.25) is 0 Å². The van der Waals surface area contributed by atoms with Crippen molar-refractivity contribution in [2.75, 3.05) is 32.8 Å². The van der Waals surface area contributed by atoms with Gasteiger partial charge in [0.15, 0.2) is 0 Å². The van der Waals surface area contributed by atoms with E-state index in [0.717, 1.165) is 60.4 Å². The molecular weight excluding hydrogens is 419 g/mol. The van der Waals surface area contributed by atoms with Gasteiger partial charge in [0.05, 0.1) is 18.7 Å². The molecule has 0 amide bonds. The summed E-state index contributed by atoms with van der Waals surface area (Å²) in [5, 5.41) is 5.35. The SMILES string of the molecule is FC(F)Oc1ccc2c(c1)c(I)nn2CCCN1CCOCC1. The van der Waals surface area contributed by atoms with Gasteiger partial charge in [0.1, 0.15) is 9.45 Å². The smallest absolute Gasteiger partial charge is 0.387 e. The Morgan fingerprint density at radius 1 is 1.26 bits per heavy atom. The van der Waals surface area contributed by atoms with Crippen molar-refractivity contribution in [1.82, 2.24) is 14.7 Å². The zero-order chi connectivity index (χ0) is 16.2. The number of morpholine rings is 1. The average molecular weight is 437 g/mol. The predicted octanol–water partition coefficient (Wildman–Crippen LogP) is 2.96. The van der Waals surface area contributed by atoms with Crippen LogP contribution in [0, 0.1) is 3.70 Å². The standard InChI is InChI=1S/C15H18F2IN3O2/c16-15(17)23-11-2-3-13-12(10-11)14(18)19-21(13)5-1-4-20-6-8-22-9-7-20/h2-3,10,15H,1,4-9H2. The molecule has 1 aliphatic heterocycles. The highest BCUT2D eigenvalue weighted by molar-refractivity contribution is 14.1. The van der Waals surface area contributed by atoms with Crippen LogP contribution in [0.1, 0.15) is 6.42 Å². The van der Waals surface area contributed by atoms with Crippen molar-refractivity contribution in [3.8, 4) is 5.75 Å². The molecular formula is C15H18F2IN3O2. The van der Waals surface area contributed by atoms with Crippen molar-refractivity contribution in [1.29, 1.82) is 0 Å². The third-order valence-corrected chi connectivity index (χ3v) is 4.65. The number of benzene rings is 1. The molecule has 0 unspecified atom stereocenters. The summed E-state index contributed by atoms with van der Waals surface area (Å²) in [5.41, 5.74) is 0.943. The molecule has 0 radical (unpaired) electrons. The first-order valence-corrected chi connectivity index (χ1v) is 8.62. The topological polar surface area (TPSA) is 39.5 Å². The van der Waals surface area contributed by atoms with E-state index in [4.69, 9.17) is 4.74 Å². The number of rotatable bonds is 6. The summed E-state index contributed by atoms with van der Waals surface area (Å²) in [6.07, 6.45) is 0.988. The molecule has 126 valence electrons. The minimum absolute atomic E-state index is 0.165. The number of hydrogen-bond donors (Lipinski definition) is 0. The summed E-state index contributed by atoms with van der Waals surface area (Å²) >= 11 is 2.12. The Hall–Kier alpha value is -1.00. The molecule has 2 aromatic rings. The van der Waals surface area contributed by atoms with Crippen molar-refractivity contribution < 1.29 is 18.3 Å². The number of aryl methyl sites for hydroxylation is 1. The molecule has 2 heterocycles. The molecule has 8 heteroatoms. The van der Waals surface area contributed by atoms with E-state index in [1.807, 2.05) is 4.68 Å². The third kappa shape index (κ3) is 4.30. The largest absolute Gasteiger partial charge is 0.435 e. The molecule has 5 nitrogen and oxygen atoms in total. The first-order chi connectivity index (χ1) is 11.1. The molecule has 0 bridgehead atoms. The molecule has 3 rings (SSSR count). The van der Waals surface area contributed by atoms with E-state index in [0.29, 0.717) is 0 Å². The van der Waals surface area contributed by atoms with Crippen LogP contribution in [0.2, 0.25) is 0 Å². The van der Waals surface area contributed by atoms with Gasteiger partial charge in [-0.2, -0.15) is 13.9 Å². The minimum atomic E-state index is -2.81. The Balaban J connectivity index is 1.66. The van der Waals surface area contributed by atoms with Crippen molar-refractivity contribution >= 4 is 33.5 Å². The maximum absolute atomic E-state index is 12.3. The van der Waals surface area contributed by atoms with Crippen LogP contribution in [-0.2, 0) is 11.3 Å². The summed E-state index contributed by atoms with van der Waals surface area (Å²) in [5.74, 6) is 0.165. The number of halogens is 3. The van der Waals surface area contributed by atoms with Gasteiger partial charge in [-0.1, -0.05) is 0 Å². The molecule has 0 saturated carbocycles. The number of hydrogen-bond acceptors (Lipinski definition) is 4. The summed E-state index contributed by atoms with van der Waals surface area (Å²) in [6.45, 7) is 2.55. The second-order valence-corrected chi connectivity index (χ2v) is 6.40. The summed E-state index contributed by atoms with van der Waals surface area (Å²) in [7, 11) is 0. The molecule has 1 fully saturated rings. The Morgan fingerprint density at radius 2 is 2.04 bits per heavy atom. The highest BCUT2D eigenvalue weighted by atomic mass is 127. The molecule has 0 spiro atoms. The van der Waals surface area contributed by atoms with Crippen LogP contribution in [0.4, 0.5) is 8.78 Å². The van der Waals surface area contributed by atoms with E-state index >= 15 is 0 Å². The number of aromatic nitrogens is 2. The first-order valence-electron chi connectivity index (χ1n) is 7.54. The van der Waals surface area contributed by atoms with Crippen molar-refractivity contribution in [2.24, 2.45) is 0 Å². The Kier molecular flexibility index (Phi) is 5.65. The van der Waals surface area contributed by atoms with Gasteiger partial charge in [-0.15, -0.1) is 0 Å². The third-order valence-electron chi connectivity index (χ3n) is 3.85. The maximum Gasteiger partial charge on any atom is 0.387 e. The first kappa shape index (κ1) is 16.8. The van der Waals surface area contributed by atoms with E-state index in [2.05, 4.69) is 37.3 Å². The molecule has 0 atom stereocenters. The van der Waals surface area contributed by atoms with Gasteiger partial charge >= 0.3 is 6.61 Å². The molecule has 1 aromatic carbocycles. The lowest BCUT2D eigenvalue weighted by Gasteiger charge is -2.26. The van der Waals surface area contributed by atoms with Crippen molar-refractivity contribution in [3.05, 3.63) is 21.9 Å². The molecule has 1 aromatic heterocycles. The van der Waals surface area contributed by atoms with Crippen molar-refractivity contribution in [2.45, 2.75) is 19.6 Å². The van der Waals surface area contributed by atoms with Gasteiger partial charge in [-0.25, -0.2) is 0 Å². The molecule has 1 aliphatic rings. The lowest BCUT2D eigenvalue weighted by Crippen LogP contribution is -2.37. The fourth-order valence-electron chi connectivity index (χ4n) is 2.73. The van der Waals surface area contributed by atoms with Crippen LogP contribution < -0.4 is 4.74 Å². The second-order valence-electron chi connectivity index (χ2n) is 5.38. The van der Waals surface area contributed by atoms with E-state index in [1.165, 1.54) is 0 Å². The Morgan fingerprint density at radius 3 is 2.78 bits per heavy atom. The van der Waals surface area contributed by atoms with E-state index in [9.17, 15) is 8.78 Å². The fraction of sp³-hybridized carbons (Fsp3) is 0.533. The summed E-state index contributed by atoms with van der Waals surface area (Å²) in [4.78, 5) is 2.38. The summed E-state index contributed by atoms with van der Waals surface area (Å²) < 4.78 is 37.1. The zero-order valence-electron chi connectivity index (χ0n) is 12.6. The van der Waals surface area contributed by atoms with Gasteiger partial charge in [0.25, 0.3) is 0 Å². The van der Waals surface area contributed by atoms with E-state index in [-0.39, 0.29) is 5.75 Å². The number of fused-ring (bicyclic) bond motifs is 1. The van der Waals surface area contributed by atoms with Gasteiger partial charge in [-0.05, 0) is 47.2 Å². The quantitative estimate of drug-likeness (QED) is 0.652. The monoisotopic (exact) mass is 437 g/mol. The lowest BCUT2D eigenvalue weighted by molar-refractivity contribution is -0.0497. The number of ether oxygens (including phenoxy) is 2. The highest BCUT2D eigenvalue weighted by Crippen LogP contribution is 2.26. The van der Waals surface area contributed by atoms with Crippen LogP contribution >= 0.6 is 22.6 Å². The predicted molar refractivity (Wildman–Crippen MR) is 91.0 cm³/mol. The fourth-order valence-corrected chi connectivity index (χ4v) is 3.43. The van der Waals surface area contributed by atoms with Crippen molar-refractivity contribution in [3.63, 3.8) is 0 Å². The maximum atomic E-state index is 12.3. The van der Waals surface area contributed by atoms with Crippen LogP contribution in [0.3, 0.4) is 0 Å². The van der Waals surface area contributed by atoms with Crippen LogP contribution in [0.15, 0.2) is 18.2 Å². The lowest BCUT2D eigenvalue weighted by atomic mass is 10.2. The molecule has 0 N–H and O–H groups in total. The minimum Gasteiger partial charge on any atom is -0.435 e. The van der Waals surface area contributed by atoms with E-state index < -0.39 is 6.61 Å².